The molecule has 2 aromatic rings. The zero-order valence-corrected chi connectivity index (χ0v) is 13.1. The number of cyclic esters (lactones) is 1. The van der Waals surface area contributed by atoms with Crippen molar-refractivity contribution in [1.82, 2.24) is 15.0 Å². The third kappa shape index (κ3) is 3.41. The Morgan fingerprint density at radius 1 is 1.35 bits per heavy atom. The molecule has 0 bridgehead atoms. The van der Waals surface area contributed by atoms with Gasteiger partial charge in [-0.25, -0.2) is 14.4 Å². The molecule has 1 amide bonds. The van der Waals surface area contributed by atoms with Gasteiger partial charge in [-0.05, 0) is 12.0 Å². The van der Waals surface area contributed by atoms with E-state index < -0.39 is 0 Å². The molecule has 1 saturated heterocycles. The smallest absolute Gasteiger partial charge is 0.416 e. The van der Waals surface area contributed by atoms with Crippen LogP contribution in [-0.2, 0) is 4.74 Å². The third-order valence-corrected chi connectivity index (χ3v) is 3.78. The van der Waals surface area contributed by atoms with Crippen molar-refractivity contribution in [2.45, 2.75) is 32.2 Å². The first-order valence-corrected chi connectivity index (χ1v) is 7.89. The van der Waals surface area contributed by atoms with E-state index in [0.717, 1.165) is 24.8 Å². The Bertz CT molecular complexity index is 681. The van der Waals surface area contributed by atoms with Crippen LogP contribution in [0.5, 0.6) is 0 Å². The van der Waals surface area contributed by atoms with Crippen LogP contribution in [0.4, 0.5) is 10.6 Å². The molecule has 1 aromatic carbocycles. The number of nitrogens with zero attached hydrogens (tertiary/aromatic N) is 4. The Balaban J connectivity index is 1.78. The quantitative estimate of drug-likeness (QED) is 0.764. The van der Waals surface area contributed by atoms with E-state index in [2.05, 4.69) is 23.3 Å². The number of rotatable bonds is 6. The molecule has 120 valence electrons. The number of unbranched alkanes of at least 4 members (excludes halogenated alkanes) is 2. The lowest BCUT2D eigenvalue weighted by Gasteiger charge is -2.18. The summed E-state index contributed by atoms with van der Waals surface area (Å²) < 4.78 is 6.82. The van der Waals surface area contributed by atoms with Crippen LogP contribution in [0.1, 0.15) is 37.8 Å². The number of carbonyl (C=O) groups is 1. The first-order valence-electron chi connectivity index (χ1n) is 7.89. The second-order valence-corrected chi connectivity index (χ2v) is 5.46. The molecule has 0 radical (unpaired) electrons. The molecule has 1 aromatic heterocycles. The summed E-state index contributed by atoms with van der Waals surface area (Å²) in [6.45, 7) is 2.48. The largest absolute Gasteiger partial charge is 0.447 e. The highest BCUT2D eigenvalue weighted by atomic mass is 16.6. The molecule has 1 aliphatic heterocycles. The summed E-state index contributed by atoms with van der Waals surface area (Å²) in [6, 6.07) is 9.64. The normalized spacial score (nSPS) is 17.9. The van der Waals surface area contributed by atoms with Crippen molar-refractivity contribution in [3.8, 4) is 0 Å². The summed E-state index contributed by atoms with van der Waals surface area (Å²) in [5.74, 6) is 0.501. The fraction of sp³-hybridized carbons (Fsp3) is 0.353. The molecular weight excluding hydrogens is 292 g/mol. The minimum atomic E-state index is -0.388. The van der Waals surface area contributed by atoms with Crippen LogP contribution in [-0.4, -0.2) is 27.7 Å². The number of ether oxygens (including phenoxy) is 1. The molecule has 1 aliphatic rings. The monoisotopic (exact) mass is 312 g/mol. The highest BCUT2D eigenvalue weighted by Crippen LogP contribution is 2.31. The van der Waals surface area contributed by atoms with Crippen LogP contribution in [0.25, 0.3) is 6.20 Å². The maximum Gasteiger partial charge on any atom is 0.416 e. The molecule has 0 unspecified atom stereocenters. The molecule has 0 aliphatic carbocycles. The molecular formula is C17H20N4O2. The number of anilines is 1. The van der Waals surface area contributed by atoms with E-state index in [1.165, 1.54) is 0 Å². The van der Waals surface area contributed by atoms with Crippen molar-refractivity contribution < 1.29 is 9.53 Å². The van der Waals surface area contributed by atoms with Crippen molar-refractivity contribution in [1.29, 1.82) is 0 Å². The molecule has 1 atom stereocenters. The molecule has 6 nitrogen and oxygen atoms in total. The predicted molar refractivity (Wildman–Crippen MR) is 87.9 cm³/mol. The zero-order chi connectivity index (χ0) is 16.1. The van der Waals surface area contributed by atoms with Gasteiger partial charge in [-0.2, -0.15) is 0 Å². The topological polar surface area (TPSA) is 60.2 Å². The number of amides is 1. The zero-order valence-electron chi connectivity index (χ0n) is 13.1. The molecule has 2 heterocycles. The average Bonchev–Trinajstić information content (AvgIpc) is 3.19. The predicted octanol–water partition coefficient (Wildman–Crippen LogP) is 3.64. The van der Waals surface area contributed by atoms with E-state index in [9.17, 15) is 4.79 Å². The summed E-state index contributed by atoms with van der Waals surface area (Å²) in [4.78, 5) is 13.6. The lowest BCUT2D eigenvalue weighted by molar-refractivity contribution is 0.179. The van der Waals surface area contributed by atoms with Crippen molar-refractivity contribution in [2.75, 3.05) is 11.5 Å². The standard InChI is InChI=1S/C17H20N4O2/c1-2-3-4-8-11-20-12-16(18-19-20)21-15(13-23-17(21)22)14-9-6-5-7-10-14/h5-12,15H,2-4,13H2,1H3/b11-8+/t15-/m0/s1. The van der Waals surface area contributed by atoms with E-state index in [4.69, 9.17) is 4.74 Å². The third-order valence-electron chi connectivity index (χ3n) is 3.78. The van der Waals surface area contributed by atoms with Crippen LogP contribution < -0.4 is 4.90 Å². The second-order valence-electron chi connectivity index (χ2n) is 5.46. The molecule has 0 saturated carbocycles. The van der Waals surface area contributed by atoms with Gasteiger partial charge in [-0.15, -0.1) is 5.10 Å². The average molecular weight is 312 g/mol. The molecule has 1 fully saturated rings. The lowest BCUT2D eigenvalue weighted by Crippen LogP contribution is -2.27. The summed E-state index contributed by atoms with van der Waals surface area (Å²) in [6.07, 6.45) is 8.58. The van der Waals surface area contributed by atoms with Crippen LogP contribution >= 0.6 is 0 Å². The molecule has 3 rings (SSSR count). The fourth-order valence-electron chi connectivity index (χ4n) is 2.55. The van der Waals surface area contributed by atoms with Gasteiger partial charge in [-0.1, -0.05) is 61.4 Å². The Hall–Kier alpha value is -2.63. The van der Waals surface area contributed by atoms with Crippen LogP contribution in [0.15, 0.2) is 42.6 Å². The van der Waals surface area contributed by atoms with Gasteiger partial charge in [-0.3, -0.25) is 0 Å². The summed E-state index contributed by atoms with van der Waals surface area (Å²) in [7, 11) is 0. The maximum absolute atomic E-state index is 12.1. The number of benzene rings is 1. The minimum Gasteiger partial charge on any atom is -0.447 e. The molecule has 6 heteroatoms. The van der Waals surface area contributed by atoms with Gasteiger partial charge in [0.05, 0.1) is 6.20 Å². The number of carbonyl (C=O) groups excluding carboxylic acids is 1. The van der Waals surface area contributed by atoms with E-state index in [-0.39, 0.29) is 12.1 Å². The van der Waals surface area contributed by atoms with Gasteiger partial charge >= 0.3 is 6.09 Å². The second kappa shape index (κ2) is 7.09. The van der Waals surface area contributed by atoms with Crippen molar-refractivity contribution in [3.05, 3.63) is 48.2 Å². The van der Waals surface area contributed by atoms with Crippen LogP contribution in [0.2, 0.25) is 0 Å². The SMILES string of the molecule is CCCC/C=C/n1cc(N2C(=O)OC[C@H]2c2ccccc2)nn1. The highest BCUT2D eigenvalue weighted by molar-refractivity contribution is 5.89. The number of aromatic nitrogens is 3. The summed E-state index contributed by atoms with van der Waals surface area (Å²) in [5, 5.41) is 8.16. The maximum atomic E-state index is 12.1. The Labute approximate surface area is 135 Å². The first-order chi connectivity index (χ1) is 11.3. The number of allylic oxidation sites excluding steroid dienone is 1. The van der Waals surface area contributed by atoms with Crippen molar-refractivity contribution in [2.24, 2.45) is 0 Å². The van der Waals surface area contributed by atoms with E-state index in [1.807, 2.05) is 36.5 Å². The Kier molecular flexibility index (Phi) is 4.71. The van der Waals surface area contributed by atoms with Gasteiger partial charge in [0.25, 0.3) is 0 Å². The Morgan fingerprint density at radius 2 is 2.17 bits per heavy atom. The van der Waals surface area contributed by atoms with Gasteiger partial charge < -0.3 is 4.74 Å². The lowest BCUT2D eigenvalue weighted by atomic mass is 10.1. The highest BCUT2D eigenvalue weighted by Gasteiger charge is 2.36. The van der Waals surface area contributed by atoms with Crippen molar-refractivity contribution in [3.63, 3.8) is 0 Å². The molecule has 0 spiro atoms. The number of hydrogen-bond donors (Lipinski definition) is 0. The molecule has 23 heavy (non-hydrogen) atoms. The van der Waals surface area contributed by atoms with Gasteiger partial charge in [0.2, 0.25) is 0 Å². The van der Waals surface area contributed by atoms with Crippen LogP contribution in [0.3, 0.4) is 0 Å². The number of hydrogen-bond acceptors (Lipinski definition) is 4. The van der Waals surface area contributed by atoms with Crippen LogP contribution in [0, 0.1) is 0 Å². The Morgan fingerprint density at radius 3 is 2.96 bits per heavy atom. The summed E-state index contributed by atoms with van der Waals surface area (Å²) >= 11 is 0. The fourth-order valence-corrected chi connectivity index (χ4v) is 2.55. The van der Waals surface area contributed by atoms with Gasteiger partial charge in [0.15, 0.2) is 5.82 Å². The van der Waals surface area contributed by atoms with E-state index >= 15 is 0 Å². The van der Waals surface area contributed by atoms with Crippen molar-refractivity contribution >= 4 is 18.1 Å². The van der Waals surface area contributed by atoms with Gasteiger partial charge in [0, 0.05) is 6.20 Å². The van der Waals surface area contributed by atoms with E-state index in [0.29, 0.717) is 12.4 Å². The first kappa shape index (κ1) is 15.3. The molecule has 0 N–H and O–H groups in total. The minimum absolute atomic E-state index is 0.169. The summed E-state index contributed by atoms with van der Waals surface area (Å²) in [5.41, 5.74) is 1.02. The van der Waals surface area contributed by atoms with Gasteiger partial charge in [0.1, 0.15) is 12.6 Å². The van der Waals surface area contributed by atoms with E-state index in [1.54, 1.807) is 15.8 Å².